The van der Waals surface area contributed by atoms with Gasteiger partial charge in [-0.1, -0.05) is 0 Å². The van der Waals surface area contributed by atoms with Gasteiger partial charge in [-0.15, -0.1) is 11.3 Å². The minimum absolute atomic E-state index is 0.139. The predicted octanol–water partition coefficient (Wildman–Crippen LogP) is 0.944. The molecule has 5 nitrogen and oxygen atoms in total. The van der Waals surface area contributed by atoms with Gasteiger partial charge in [-0.3, -0.25) is 0 Å². The zero-order valence-electron chi connectivity index (χ0n) is 9.84. The zero-order valence-corrected chi connectivity index (χ0v) is 11.5. The molecule has 0 bridgehead atoms. The van der Waals surface area contributed by atoms with E-state index in [0.717, 1.165) is 11.3 Å². The summed E-state index contributed by atoms with van der Waals surface area (Å²) in [5.74, 6) is 0. The SMILES string of the molecule is COCCC(C)NS(=O)(=O)c1ccc(CO)s1. The Kier molecular flexibility index (Phi) is 5.54. The largest absolute Gasteiger partial charge is 0.391 e. The van der Waals surface area contributed by atoms with Gasteiger partial charge in [-0.2, -0.15) is 0 Å². The lowest BCUT2D eigenvalue weighted by molar-refractivity contribution is 0.188. The maximum absolute atomic E-state index is 11.9. The summed E-state index contributed by atoms with van der Waals surface area (Å²) in [5.41, 5.74) is 0. The topological polar surface area (TPSA) is 75.6 Å². The van der Waals surface area contributed by atoms with Crippen molar-refractivity contribution in [3.05, 3.63) is 17.0 Å². The molecule has 0 aliphatic heterocycles. The van der Waals surface area contributed by atoms with E-state index in [1.165, 1.54) is 6.07 Å². The van der Waals surface area contributed by atoms with E-state index in [-0.39, 0.29) is 16.9 Å². The molecule has 0 spiro atoms. The first kappa shape index (κ1) is 14.6. The number of sulfonamides is 1. The number of hydrogen-bond acceptors (Lipinski definition) is 5. The second-order valence-corrected chi connectivity index (χ2v) is 6.79. The van der Waals surface area contributed by atoms with E-state index in [0.29, 0.717) is 17.9 Å². The quantitative estimate of drug-likeness (QED) is 0.779. The van der Waals surface area contributed by atoms with E-state index >= 15 is 0 Å². The normalized spacial score (nSPS) is 13.8. The monoisotopic (exact) mass is 279 g/mol. The lowest BCUT2D eigenvalue weighted by atomic mass is 10.3. The van der Waals surface area contributed by atoms with Gasteiger partial charge >= 0.3 is 0 Å². The molecule has 2 N–H and O–H groups in total. The molecule has 0 aliphatic rings. The van der Waals surface area contributed by atoms with Gasteiger partial charge in [0.25, 0.3) is 0 Å². The molecular formula is C10H17NO4S2. The number of rotatable bonds is 7. The minimum atomic E-state index is -3.48. The summed E-state index contributed by atoms with van der Waals surface area (Å²) in [6, 6.07) is 2.93. The maximum Gasteiger partial charge on any atom is 0.250 e. The van der Waals surface area contributed by atoms with E-state index in [1.54, 1.807) is 20.1 Å². The second-order valence-electron chi connectivity index (χ2n) is 3.68. The molecule has 1 aromatic heterocycles. The minimum Gasteiger partial charge on any atom is -0.391 e. The number of methoxy groups -OCH3 is 1. The highest BCUT2D eigenvalue weighted by Crippen LogP contribution is 2.21. The van der Waals surface area contributed by atoms with Crippen molar-refractivity contribution >= 4 is 21.4 Å². The summed E-state index contributed by atoms with van der Waals surface area (Å²) >= 11 is 1.07. The van der Waals surface area contributed by atoms with Crippen LogP contribution in [0.5, 0.6) is 0 Å². The van der Waals surface area contributed by atoms with Crippen LogP contribution in [0.2, 0.25) is 0 Å². The van der Waals surface area contributed by atoms with Crippen molar-refractivity contribution in [3.63, 3.8) is 0 Å². The molecule has 0 aliphatic carbocycles. The number of aliphatic hydroxyl groups excluding tert-OH is 1. The van der Waals surface area contributed by atoms with Crippen LogP contribution < -0.4 is 4.72 Å². The average Bonchev–Trinajstić information content (AvgIpc) is 2.75. The van der Waals surface area contributed by atoms with Crippen molar-refractivity contribution in [1.29, 1.82) is 0 Å². The Labute approximate surface area is 105 Å². The van der Waals surface area contributed by atoms with Crippen molar-refractivity contribution in [1.82, 2.24) is 4.72 Å². The molecule has 7 heteroatoms. The van der Waals surface area contributed by atoms with Crippen molar-refractivity contribution < 1.29 is 18.3 Å². The number of aliphatic hydroxyl groups is 1. The summed E-state index contributed by atoms with van der Waals surface area (Å²) in [4.78, 5) is 0.634. The highest BCUT2D eigenvalue weighted by Gasteiger charge is 2.19. The third-order valence-electron chi connectivity index (χ3n) is 2.17. The van der Waals surface area contributed by atoms with Gasteiger partial charge in [0, 0.05) is 24.6 Å². The van der Waals surface area contributed by atoms with E-state index in [9.17, 15) is 8.42 Å². The summed E-state index contributed by atoms with van der Waals surface area (Å²) in [6.45, 7) is 2.16. The van der Waals surface area contributed by atoms with Crippen LogP contribution in [0.3, 0.4) is 0 Å². The lowest BCUT2D eigenvalue weighted by Gasteiger charge is -2.12. The van der Waals surface area contributed by atoms with Gasteiger partial charge in [0.05, 0.1) is 6.61 Å². The van der Waals surface area contributed by atoms with Gasteiger partial charge in [0.1, 0.15) is 4.21 Å². The van der Waals surface area contributed by atoms with E-state index < -0.39 is 10.0 Å². The summed E-state index contributed by atoms with van der Waals surface area (Å²) < 4.78 is 31.5. The Hall–Kier alpha value is -0.470. The predicted molar refractivity (Wildman–Crippen MR) is 66.5 cm³/mol. The molecule has 17 heavy (non-hydrogen) atoms. The van der Waals surface area contributed by atoms with Gasteiger partial charge in [-0.25, -0.2) is 13.1 Å². The molecule has 98 valence electrons. The number of thiophene rings is 1. The fourth-order valence-electron chi connectivity index (χ4n) is 1.26. The smallest absolute Gasteiger partial charge is 0.250 e. The molecule has 1 heterocycles. The lowest BCUT2D eigenvalue weighted by Crippen LogP contribution is -2.32. The summed E-state index contributed by atoms with van der Waals surface area (Å²) in [5, 5.41) is 8.89. The van der Waals surface area contributed by atoms with Crippen LogP contribution >= 0.6 is 11.3 Å². The highest BCUT2D eigenvalue weighted by molar-refractivity contribution is 7.91. The summed E-state index contributed by atoms with van der Waals surface area (Å²) in [6.07, 6.45) is 0.619. The van der Waals surface area contributed by atoms with Crippen molar-refractivity contribution in [2.45, 2.75) is 30.2 Å². The van der Waals surface area contributed by atoms with Crippen LogP contribution in [-0.2, 0) is 21.4 Å². The number of ether oxygens (including phenoxy) is 1. The first-order valence-corrected chi connectivity index (χ1v) is 7.50. The highest BCUT2D eigenvalue weighted by atomic mass is 32.2. The fraction of sp³-hybridized carbons (Fsp3) is 0.600. The van der Waals surface area contributed by atoms with E-state index in [2.05, 4.69) is 4.72 Å². The number of hydrogen-bond donors (Lipinski definition) is 2. The number of nitrogens with one attached hydrogen (secondary N) is 1. The first-order chi connectivity index (χ1) is 7.99. The van der Waals surface area contributed by atoms with Crippen molar-refractivity contribution in [3.8, 4) is 0 Å². The fourth-order valence-corrected chi connectivity index (χ4v) is 3.77. The van der Waals surface area contributed by atoms with Gasteiger partial charge in [0.2, 0.25) is 10.0 Å². The van der Waals surface area contributed by atoms with Crippen molar-refractivity contribution in [2.75, 3.05) is 13.7 Å². The summed E-state index contributed by atoms with van der Waals surface area (Å²) in [7, 11) is -1.90. The van der Waals surface area contributed by atoms with Crippen molar-refractivity contribution in [2.24, 2.45) is 0 Å². The zero-order chi connectivity index (χ0) is 12.9. The van der Waals surface area contributed by atoms with Crippen LogP contribution in [0.1, 0.15) is 18.2 Å². The average molecular weight is 279 g/mol. The Morgan fingerprint density at radius 3 is 2.76 bits per heavy atom. The molecule has 1 rings (SSSR count). The van der Waals surface area contributed by atoms with E-state index in [1.807, 2.05) is 0 Å². The Morgan fingerprint density at radius 2 is 2.24 bits per heavy atom. The van der Waals surface area contributed by atoms with Gasteiger partial charge in [0.15, 0.2) is 0 Å². The Balaban J connectivity index is 2.68. The molecule has 0 amide bonds. The first-order valence-electron chi connectivity index (χ1n) is 5.20. The van der Waals surface area contributed by atoms with E-state index in [4.69, 9.17) is 9.84 Å². The van der Waals surface area contributed by atoms with Crippen LogP contribution in [0, 0.1) is 0 Å². The molecular weight excluding hydrogens is 262 g/mol. The van der Waals surface area contributed by atoms with Gasteiger partial charge in [-0.05, 0) is 25.5 Å². The maximum atomic E-state index is 11.9. The molecule has 1 atom stereocenters. The van der Waals surface area contributed by atoms with Crippen LogP contribution in [-0.4, -0.2) is 33.3 Å². The van der Waals surface area contributed by atoms with Crippen LogP contribution in [0.25, 0.3) is 0 Å². The third kappa shape index (κ3) is 4.36. The third-order valence-corrected chi connectivity index (χ3v) is 5.32. The molecule has 0 saturated heterocycles. The van der Waals surface area contributed by atoms with Crippen LogP contribution in [0.4, 0.5) is 0 Å². The van der Waals surface area contributed by atoms with Crippen LogP contribution in [0.15, 0.2) is 16.3 Å². The standard InChI is InChI=1S/C10H17NO4S2/c1-8(5-6-15-2)11-17(13,14)10-4-3-9(7-12)16-10/h3-4,8,11-12H,5-7H2,1-2H3. The molecule has 0 aromatic carbocycles. The molecule has 0 fully saturated rings. The Bertz CT molecular complexity index is 441. The molecule has 0 radical (unpaired) electrons. The molecule has 1 aromatic rings. The molecule has 0 saturated carbocycles. The molecule has 1 unspecified atom stereocenters. The Morgan fingerprint density at radius 1 is 1.53 bits per heavy atom. The van der Waals surface area contributed by atoms with Gasteiger partial charge < -0.3 is 9.84 Å². The second kappa shape index (κ2) is 6.46.